The van der Waals surface area contributed by atoms with E-state index in [0.29, 0.717) is 13.2 Å². The topological polar surface area (TPSA) is 18.5 Å². The Labute approximate surface area is 203 Å². The highest BCUT2D eigenvalue weighted by Crippen LogP contribution is 2.37. The summed E-state index contributed by atoms with van der Waals surface area (Å²) in [5.41, 5.74) is 10.1. The lowest BCUT2D eigenvalue weighted by atomic mass is 9.93. The molecule has 1 aromatic carbocycles. The molecule has 0 unspecified atom stereocenters. The van der Waals surface area contributed by atoms with Crippen molar-refractivity contribution in [3.63, 3.8) is 0 Å². The van der Waals surface area contributed by atoms with Gasteiger partial charge >= 0.3 is 0 Å². The van der Waals surface area contributed by atoms with Gasteiger partial charge in [-0.15, -0.1) is 0 Å². The lowest BCUT2D eigenvalue weighted by Gasteiger charge is -2.22. The molecule has 1 aromatic rings. The van der Waals surface area contributed by atoms with Gasteiger partial charge in [-0.2, -0.15) is 0 Å². The molecule has 0 saturated carbocycles. The molecule has 33 heavy (non-hydrogen) atoms. The Morgan fingerprint density at radius 1 is 0.545 bits per heavy atom. The number of rotatable bonds is 12. The van der Waals surface area contributed by atoms with Crippen LogP contribution in [0.1, 0.15) is 85.9 Å². The van der Waals surface area contributed by atoms with Gasteiger partial charge in [0.1, 0.15) is 24.7 Å². The lowest BCUT2D eigenvalue weighted by Crippen LogP contribution is -2.09. The summed E-state index contributed by atoms with van der Waals surface area (Å²) in [4.78, 5) is 0. The smallest absolute Gasteiger partial charge is 0.127 e. The van der Waals surface area contributed by atoms with E-state index in [4.69, 9.17) is 9.47 Å². The van der Waals surface area contributed by atoms with Crippen LogP contribution in [-0.4, -0.2) is 13.2 Å². The summed E-state index contributed by atoms with van der Waals surface area (Å²) in [5.74, 6) is 1.98. The third kappa shape index (κ3) is 11.3. The Kier molecular flexibility index (Phi) is 12.7. The van der Waals surface area contributed by atoms with Crippen LogP contribution in [0.25, 0.3) is 0 Å². The fourth-order valence-corrected chi connectivity index (χ4v) is 3.21. The average Bonchev–Trinajstić information content (AvgIpc) is 2.69. The Bertz CT molecular complexity index is 916. The van der Waals surface area contributed by atoms with Crippen LogP contribution in [0.15, 0.2) is 64.3 Å². The first kappa shape index (κ1) is 28.6. The minimum Gasteiger partial charge on any atom is -0.489 e. The van der Waals surface area contributed by atoms with Crippen molar-refractivity contribution < 1.29 is 9.47 Å². The molecule has 0 heterocycles. The highest BCUT2D eigenvalue weighted by Gasteiger charge is 2.19. The van der Waals surface area contributed by atoms with Crippen molar-refractivity contribution >= 4 is 0 Å². The molecule has 0 radical (unpaired) electrons. The third-order valence-electron chi connectivity index (χ3n) is 5.14. The molecule has 2 nitrogen and oxygen atoms in total. The van der Waals surface area contributed by atoms with Gasteiger partial charge in [-0.25, -0.2) is 0 Å². The van der Waals surface area contributed by atoms with E-state index in [1.807, 2.05) is 0 Å². The maximum absolute atomic E-state index is 6.47. The monoisotopic (exact) mass is 450 g/mol. The second-order valence-corrected chi connectivity index (χ2v) is 9.96. The first-order valence-electron chi connectivity index (χ1n) is 12.1. The molecule has 0 aliphatic heterocycles. The normalized spacial score (nSPS) is 10.1. The number of hydrogen-bond donors (Lipinski definition) is 0. The SMILES string of the molecule is CC(C)=CCOc1cc(CC=C(C)C)c(OCC=C(C)C)c(CC=C(C)C)c1CC=C(C)C. The van der Waals surface area contributed by atoms with E-state index in [0.717, 1.165) is 30.8 Å². The van der Waals surface area contributed by atoms with Crippen LogP contribution in [0, 0.1) is 0 Å². The predicted octanol–water partition coefficient (Wildman–Crippen LogP) is 8.90. The molecule has 0 atom stereocenters. The van der Waals surface area contributed by atoms with Crippen molar-refractivity contribution in [3.05, 3.63) is 81.0 Å². The van der Waals surface area contributed by atoms with E-state index in [2.05, 4.69) is 106 Å². The minimum atomic E-state index is 0.575. The van der Waals surface area contributed by atoms with E-state index in [-0.39, 0.29) is 0 Å². The summed E-state index contributed by atoms with van der Waals surface area (Å²) < 4.78 is 12.8. The van der Waals surface area contributed by atoms with Gasteiger partial charge in [0, 0.05) is 16.7 Å². The zero-order chi connectivity index (χ0) is 25.0. The molecule has 2 heteroatoms. The van der Waals surface area contributed by atoms with E-state index in [1.54, 1.807) is 0 Å². The van der Waals surface area contributed by atoms with Crippen LogP contribution in [0.3, 0.4) is 0 Å². The standard InChI is InChI=1S/C31H46O2/c1-22(2)11-14-27-21-30(32-19-17-25(7)8)28(15-12-23(3)4)29(16-13-24(5)6)31(27)33-20-18-26(9)10/h11-13,17-18,21H,14-16,19-20H2,1-10H3. The number of benzene rings is 1. The number of ether oxygens (including phenoxy) is 2. The van der Waals surface area contributed by atoms with Gasteiger partial charge in [-0.05, 0) is 107 Å². The Morgan fingerprint density at radius 3 is 1.45 bits per heavy atom. The van der Waals surface area contributed by atoms with Crippen molar-refractivity contribution in [1.29, 1.82) is 0 Å². The van der Waals surface area contributed by atoms with Gasteiger partial charge in [0.25, 0.3) is 0 Å². The highest BCUT2D eigenvalue weighted by molar-refractivity contribution is 5.56. The van der Waals surface area contributed by atoms with Gasteiger partial charge in [0.05, 0.1) is 0 Å². The average molecular weight is 451 g/mol. The molecule has 0 saturated heterocycles. The molecule has 0 spiro atoms. The molecular formula is C31H46O2. The Hall–Kier alpha value is -2.48. The van der Waals surface area contributed by atoms with Crippen LogP contribution in [0.2, 0.25) is 0 Å². The summed E-state index contributed by atoms with van der Waals surface area (Å²) in [7, 11) is 0. The highest BCUT2D eigenvalue weighted by atomic mass is 16.5. The van der Waals surface area contributed by atoms with Gasteiger partial charge in [0.2, 0.25) is 0 Å². The molecule has 182 valence electrons. The summed E-state index contributed by atoms with van der Waals surface area (Å²) >= 11 is 0. The summed E-state index contributed by atoms with van der Waals surface area (Å²) in [5, 5.41) is 0. The lowest BCUT2D eigenvalue weighted by molar-refractivity contribution is 0.343. The second kappa shape index (κ2) is 14.6. The number of allylic oxidation sites excluding steroid dienone is 8. The van der Waals surface area contributed by atoms with Crippen LogP contribution >= 0.6 is 0 Å². The molecule has 0 fully saturated rings. The maximum Gasteiger partial charge on any atom is 0.127 e. The molecule has 0 amide bonds. The first-order chi connectivity index (χ1) is 15.5. The van der Waals surface area contributed by atoms with Crippen molar-refractivity contribution in [1.82, 2.24) is 0 Å². The second-order valence-electron chi connectivity index (χ2n) is 9.96. The number of hydrogen-bond acceptors (Lipinski definition) is 2. The Morgan fingerprint density at radius 2 is 0.970 bits per heavy atom. The van der Waals surface area contributed by atoms with E-state index < -0.39 is 0 Å². The van der Waals surface area contributed by atoms with Crippen molar-refractivity contribution in [2.24, 2.45) is 0 Å². The summed E-state index contributed by atoms with van der Waals surface area (Å²) in [6.45, 7) is 22.5. The van der Waals surface area contributed by atoms with Gasteiger partial charge < -0.3 is 9.47 Å². The largest absolute Gasteiger partial charge is 0.489 e. The van der Waals surface area contributed by atoms with Crippen molar-refractivity contribution in [2.75, 3.05) is 13.2 Å². The minimum absolute atomic E-state index is 0.575. The Balaban J connectivity index is 3.77. The third-order valence-corrected chi connectivity index (χ3v) is 5.14. The first-order valence-corrected chi connectivity index (χ1v) is 12.1. The van der Waals surface area contributed by atoms with Gasteiger partial charge in [-0.1, -0.05) is 46.1 Å². The maximum atomic E-state index is 6.47. The fourth-order valence-electron chi connectivity index (χ4n) is 3.21. The fraction of sp³-hybridized carbons (Fsp3) is 0.484. The van der Waals surface area contributed by atoms with E-state index >= 15 is 0 Å². The zero-order valence-electron chi connectivity index (χ0n) is 22.8. The molecule has 0 aliphatic carbocycles. The molecular weight excluding hydrogens is 404 g/mol. The summed E-state index contributed by atoms with van der Waals surface area (Å²) in [6.07, 6.45) is 13.6. The van der Waals surface area contributed by atoms with Crippen molar-refractivity contribution in [3.8, 4) is 11.5 Å². The van der Waals surface area contributed by atoms with Gasteiger partial charge in [0.15, 0.2) is 0 Å². The quantitative estimate of drug-likeness (QED) is 0.296. The van der Waals surface area contributed by atoms with Crippen LogP contribution < -0.4 is 9.47 Å². The molecule has 0 aromatic heterocycles. The van der Waals surface area contributed by atoms with Crippen LogP contribution in [0.4, 0.5) is 0 Å². The molecule has 1 rings (SSSR count). The van der Waals surface area contributed by atoms with Crippen LogP contribution in [0.5, 0.6) is 11.5 Å². The molecule has 0 N–H and O–H groups in total. The summed E-state index contributed by atoms with van der Waals surface area (Å²) in [6, 6.07) is 2.20. The molecule has 0 bridgehead atoms. The van der Waals surface area contributed by atoms with E-state index in [9.17, 15) is 0 Å². The molecule has 0 aliphatic rings. The van der Waals surface area contributed by atoms with Crippen molar-refractivity contribution in [2.45, 2.75) is 88.5 Å². The van der Waals surface area contributed by atoms with E-state index in [1.165, 1.54) is 44.6 Å². The zero-order valence-corrected chi connectivity index (χ0v) is 22.8. The van der Waals surface area contributed by atoms with Gasteiger partial charge in [-0.3, -0.25) is 0 Å². The van der Waals surface area contributed by atoms with Crippen LogP contribution in [-0.2, 0) is 19.3 Å². The predicted molar refractivity (Wildman–Crippen MR) is 146 cm³/mol.